The molecule has 2 aromatic rings. The van der Waals surface area contributed by atoms with Crippen LogP contribution in [0.15, 0.2) is 30.6 Å². The van der Waals surface area contributed by atoms with Gasteiger partial charge in [0.25, 0.3) is 5.69 Å². The zero-order valence-corrected chi connectivity index (χ0v) is 14.0. The molecule has 0 unspecified atom stereocenters. The highest BCUT2D eigenvalue weighted by Gasteiger charge is 2.25. The minimum absolute atomic E-state index is 0.0106. The van der Waals surface area contributed by atoms with E-state index in [9.17, 15) is 14.9 Å². The van der Waals surface area contributed by atoms with E-state index in [4.69, 9.17) is 0 Å². The van der Waals surface area contributed by atoms with Crippen molar-refractivity contribution in [2.75, 3.05) is 20.1 Å². The molecule has 1 aromatic carbocycles. The quantitative estimate of drug-likeness (QED) is 0.647. The Morgan fingerprint density at radius 2 is 2.16 bits per heavy atom. The van der Waals surface area contributed by atoms with Crippen molar-refractivity contribution < 1.29 is 9.72 Å². The normalized spacial score (nSPS) is 18.0. The average molecular weight is 344 g/mol. The second-order valence-electron chi connectivity index (χ2n) is 6.08. The van der Waals surface area contributed by atoms with Crippen molar-refractivity contribution in [3.63, 3.8) is 0 Å². The largest absolute Gasteiger partial charge is 0.359 e. The van der Waals surface area contributed by atoms with Gasteiger partial charge in [-0.15, -0.1) is 5.10 Å². The fourth-order valence-electron chi connectivity index (χ4n) is 3.03. The smallest absolute Gasteiger partial charge is 0.269 e. The Morgan fingerprint density at radius 1 is 1.40 bits per heavy atom. The SMILES string of the molecule is CNC(=O)[C@H]1CCCN(Cn2cnc(-c3ccc([N+](=O)[O-])cc3)n2)C1. The number of likely N-dealkylation sites (tertiary alicyclic amines) is 1. The van der Waals surface area contributed by atoms with E-state index in [1.165, 1.54) is 12.1 Å². The van der Waals surface area contributed by atoms with Crippen molar-refractivity contribution in [2.45, 2.75) is 19.5 Å². The number of carbonyl (C=O) groups excluding carboxylic acids is 1. The number of benzene rings is 1. The molecule has 1 aliphatic heterocycles. The van der Waals surface area contributed by atoms with Crippen LogP contribution in [0.1, 0.15) is 12.8 Å². The number of hydrogen-bond acceptors (Lipinski definition) is 6. The first-order chi connectivity index (χ1) is 12.1. The molecule has 2 heterocycles. The van der Waals surface area contributed by atoms with Crippen LogP contribution in [0.4, 0.5) is 5.69 Å². The molecule has 1 atom stereocenters. The first-order valence-electron chi connectivity index (χ1n) is 8.15. The number of non-ortho nitro benzene ring substituents is 1. The Labute approximate surface area is 144 Å². The molecule has 1 fully saturated rings. The minimum Gasteiger partial charge on any atom is -0.359 e. The monoisotopic (exact) mass is 344 g/mol. The number of nitrogens with one attached hydrogen (secondary N) is 1. The number of carbonyl (C=O) groups is 1. The van der Waals surface area contributed by atoms with Crippen LogP contribution in [0.5, 0.6) is 0 Å². The molecule has 9 nitrogen and oxygen atoms in total. The fraction of sp³-hybridized carbons (Fsp3) is 0.438. The molecule has 1 aliphatic rings. The number of nitro groups is 1. The van der Waals surface area contributed by atoms with Gasteiger partial charge in [-0.05, 0) is 31.5 Å². The van der Waals surface area contributed by atoms with E-state index in [2.05, 4.69) is 20.3 Å². The van der Waals surface area contributed by atoms with E-state index in [1.54, 1.807) is 30.2 Å². The third-order valence-electron chi connectivity index (χ3n) is 4.34. The zero-order chi connectivity index (χ0) is 17.8. The van der Waals surface area contributed by atoms with E-state index < -0.39 is 4.92 Å². The van der Waals surface area contributed by atoms with Crippen molar-refractivity contribution in [2.24, 2.45) is 5.92 Å². The maximum absolute atomic E-state index is 11.8. The topological polar surface area (TPSA) is 106 Å². The van der Waals surface area contributed by atoms with Crippen molar-refractivity contribution in [3.8, 4) is 11.4 Å². The Hall–Kier alpha value is -2.81. The zero-order valence-electron chi connectivity index (χ0n) is 14.0. The lowest BCUT2D eigenvalue weighted by Gasteiger charge is -2.31. The molecular weight excluding hydrogens is 324 g/mol. The van der Waals surface area contributed by atoms with Gasteiger partial charge in [0.1, 0.15) is 6.33 Å². The maximum atomic E-state index is 11.8. The van der Waals surface area contributed by atoms with Crippen LogP contribution in [-0.2, 0) is 11.5 Å². The Balaban J connectivity index is 1.65. The summed E-state index contributed by atoms with van der Waals surface area (Å²) < 4.78 is 1.73. The summed E-state index contributed by atoms with van der Waals surface area (Å²) >= 11 is 0. The Morgan fingerprint density at radius 3 is 2.84 bits per heavy atom. The van der Waals surface area contributed by atoms with Gasteiger partial charge in [-0.2, -0.15) is 0 Å². The average Bonchev–Trinajstić information content (AvgIpc) is 3.09. The summed E-state index contributed by atoms with van der Waals surface area (Å²) in [5.74, 6) is 0.612. The second-order valence-corrected chi connectivity index (χ2v) is 6.08. The number of piperidine rings is 1. The molecule has 1 amide bonds. The summed E-state index contributed by atoms with van der Waals surface area (Å²) in [6.45, 7) is 2.18. The molecule has 25 heavy (non-hydrogen) atoms. The van der Waals surface area contributed by atoms with Gasteiger partial charge in [-0.25, -0.2) is 9.67 Å². The van der Waals surface area contributed by atoms with Crippen LogP contribution < -0.4 is 5.32 Å². The Kier molecular flexibility index (Phi) is 5.03. The number of rotatable bonds is 5. The van der Waals surface area contributed by atoms with Crippen molar-refractivity contribution in [1.82, 2.24) is 25.0 Å². The summed E-state index contributed by atoms with van der Waals surface area (Å²) in [7, 11) is 1.66. The van der Waals surface area contributed by atoms with Crippen molar-refractivity contribution in [3.05, 3.63) is 40.7 Å². The third kappa shape index (κ3) is 4.00. The second kappa shape index (κ2) is 7.39. The summed E-state index contributed by atoms with van der Waals surface area (Å²) in [5, 5.41) is 17.8. The summed E-state index contributed by atoms with van der Waals surface area (Å²) in [4.78, 5) is 28.5. The predicted molar refractivity (Wildman–Crippen MR) is 90.5 cm³/mol. The molecule has 0 bridgehead atoms. The summed E-state index contributed by atoms with van der Waals surface area (Å²) in [6.07, 6.45) is 3.52. The molecular formula is C16H20N6O3. The van der Waals surface area contributed by atoms with Gasteiger partial charge in [-0.1, -0.05) is 0 Å². The van der Waals surface area contributed by atoms with Crippen LogP contribution in [0.2, 0.25) is 0 Å². The molecule has 1 N–H and O–H groups in total. The number of amides is 1. The number of nitro benzene ring substituents is 1. The highest BCUT2D eigenvalue weighted by Crippen LogP contribution is 2.20. The molecule has 1 saturated heterocycles. The van der Waals surface area contributed by atoms with Gasteiger partial charge in [0.15, 0.2) is 5.82 Å². The van der Waals surface area contributed by atoms with Crippen LogP contribution >= 0.6 is 0 Å². The maximum Gasteiger partial charge on any atom is 0.269 e. The highest BCUT2D eigenvalue weighted by atomic mass is 16.6. The van der Waals surface area contributed by atoms with Gasteiger partial charge < -0.3 is 5.32 Å². The molecule has 0 radical (unpaired) electrons. The van der Waals surface area contributed by atoms with Crippen LogP contribution in [-0.4, -0.2) is 50.6 Å². The molecule has 3 rings (SSSR count). The number of nitrogens with zero attached hydrogens (tertiary/aromatic N) is 5. The molecule has 9 heteroatoms. The first kappa shape index (κ1) is 17.0. The molecule has 0 saturated carbocycles. The summed E-state index contributed by atoms with van der Waals surface area (Å²) in [6, 6.07) is 6.16. The molecule has 0 spiro atoms. The van der Waals surface area contributed by atoms with Gasteiger partial charge in [0.05, 0.1) is 17.5 Å². The minimum atomic E-state index is -0.435. The van der Waals surface area contributed by atoms with Gasteiger partial charge in [0.2, 0.25) is 5.91 Å². The molecule has 132 valence electrons. The van der Waals surface area contributed by atoms with Gasteiger partial charge in [-0.3, -0.25) is 19.8 Å². The molecule has 1 aromatic heterocycles. The van der Waals surface area contributed by atoms with E-state index in [-0.39, 0.29) is 17.5 Å². The highest BCUT2D eigenvalue weighted by molar-refractivity contribution is 5.78. The van der Waals surface area contributed by atoms with Crippen molar-refractivity contribution >= 4 is 11.6 Å². The van der Waals surface area contributed by atoms with E-state index in [1.807, 2.05) is 0 Å². The molecule has 0 aliphatic carbocycles. The fourth-order valence-corrected chi connectivity index (χ4v) is 3.03. The van der Waals surface area contributed by atoms with E-state index in [0.717, 1.165) is 24.9 Å². The lowest BCUT2D eigenvalue weighted by Crippen LogP contribution is -2.42. The third-order valence-corrected chi connectivity index (χ3v) is 4.34. The van der Waals surface area contributed by atoms with Gasteiger partial charge in [0, 0.05) is 31.3 Å². The van der Waals surface area contributed by atoms with E-state index >= 15 is 0 Å². The van der Waals surface area contributed by atoms with E-state index in [0.29, 0.717) is 19.0 Å². The Bertz CT molecular complexity index is 757. The summed E-state index contributed by atoms with van der Waals surface area (Å²) in [5.41, 5.74) is 0.767. The van der Waals surface area contributed by atoms with Gasteiger partial charge >= 0.3 is 0 Å². The number of hydrogen-bond donors (Lipinski definition) is 1. The lowest BCUT2D eigenvalue weighted by molar-refractivity contribution is -0.384. The van der Waals surface area contributed by atoms with Crippen LogP contribution in [0, 0.1) is 16.0 Å². The lowest BCUT2D eigenvalue weighted by atomic mass is 9.97. The first-order valence-corrected chi connectivity index (χ1v) is 8.15. The van der Waals surface area contributed by atoms with Crippen LogP contribution in [0.25, 0.3) is 11.4 Å². The van der Waals surface area contributed by atoms with Crippen molar-refractivity contribution in [1.29, 1.82) is 0 Å². The number of aromatic nitrogens is 3. The van der Waals surface area contributed by atoms with Crippen LogP contribution in [0.3, 0.4) is 0 Å². The standard InChI is InChI=1S/C16H20N6O3/c1-17-16(23)13-3-2-8-20(9-13)11-21-10-18-15(19-21)12-4-6-14(7-5-12)22(24)25/h4-7,10,13H,2-3,8-9,11H2,1H3,(H,17,23)/t13-/m0/s1. The predicted octanol–water partition coefficient (Wildman–Crippen LogP) is 1.27.